The Balaban J connectivity index is 2.62. The van der Waals surface area contributed by atoms with Crippen LogP contribution in [0, 0.1) is 5.92 Å². The van der Waals surface area contributed by atoms with Gasteiger partial charge in [0.25, 0.3) is 0 Å². The molecule has 5 nitrogen and oxygen atoms in total. The molecule has 0 heterocycles. The largest absolute Gasteiger partial charge is 0.481 e. The summed E-state index contributed by atoms with van der Waals surface area (Å²) in [5.41, 5.74) is 0.628. The topological polar surface area (TPSA) is 86.6 Å². The van der Waals surface area contributed by atoms with Gasteiger partial charge in [-0.1, -0.05) is 45.7 Å². The molecule has 0 aliphatic heterocycles. The third-order valence-corrected chi connectivity index (χ3v) is 4.12. The van der Waals surface area contributed by atoms with Crippen LogP contribution in [0.1, 0.15) is 58.4 Å². The monoisotopic (exact) mass is 335 g/mol. The number of carboxylic acid groups (broad SMARTS) is 1. The molecule has 0 radical (unpaired) electrons. The number of aliphatic carboxylic acids is 1. The maximum absolute atomic E-state index is 12.2. The van der Waals surface area contributed by atoms with Crippen LogP contribution in [0.15, 0.2) is 24.3 Å². The number of benzene rings is 1. The van der Waals surface area contributed by atoms with Crippen molar-refractivity contribution in [3.05, 3.63) is 29.8 Å². The van der Waals surface area contributed by atoms with Crippen LogP contribution < -0.4 is 5.32 Å². The van der Waals surface area contributed by atoms with Gasteiger partial charge in [0.05, 0.1) is 17.9 Å². The zero-order valence-electron chi connectivity index (χ0n) is 14.8. The van der Waals surface area contributed by atoms with Crippen molar-refractivity contribution in [2.24, 2.45) is 5.92 Å². The van der Waals surface area contributed by atoms with Crippen molar-refractivity contribution >= 4 is 17.6 Å². The van der Waals surface area contributed by atoms with Gasteiger partial charge in [-0.05, 0) is 37.0 Å². The predicted molar refractivity (Wildman–Crippen MR) is 95.0 cm³/mol. The quantitative estimate of drug-likeness (QED) is 0.609. The number of amides is 1. The molecule has 1 atom stereocenters. The highest BCUT2D eigenvalue weighted by atomic mass is 16.4. The Labute approximate surface area is 144 Å². The van der Waals surface area contributed by atoms with Crippen LogP contribution in [0.3, 0.4) is 0 Å². The van der Waals surface area contributed by atoms with E-state index in [1.165, 1.54) is 0 Å². The van der Waals surface area contributed by atoms with Crippen molar-refractivity contribution in [2.75, 3.05) is 5.32 Å². The fraction of sp³-hybridized carbons (Fsp3) is 0.579. The van der Waals surface area contributed by atoms with Crippen LogP contribution in [0.2, 0.25) is 0 Å². The molecule has 3 N–H and O–H groups in total. The molecule has 134 valence electrons. The third kappa shape index (κ3) is 6.71. The van der Waals surface area contributed by atoms with Gasteiger partial charge in [-0.2, -0.15) is 0 Å². The van der Waals surface area contributed by atoms with Gasteiger partial charge in [0.1, 0.15) is 0 Å². The summed E-state index contributed by atoms with van der Waals surface area (Å²) in [5, 5.41) is 22.3. The number of carbonyl (C=O) groups excluding carboxylic acids is 1. The molecular formula is C19H29NO4. The van der Waals surface area contributed by atoms with Gasteiger partial charge >= 0.3 is 5.97 Å². The zero-order valence-corrected chi connectivity index (χ0v) is 14.8. The molecular weight excluding hydrogens is 306 g/mol. The van der Waals surface area contributed by atoms with Crippen LogP contribution in [0.25, 0.3) is 0 Å². The van der Waals surface area contributed by atoms with E-state index in [1.807, 2.05) is 26.0 Å². The number of anilines is 1. The molecule has 0 spiro atoms. The standard InChI is InChI=1S/C19H29NO4/c1-4-10-19(24,11-5-2)13-17(21)20-16-8-6-15(7-9-16)12-14(3)18(22)23/h6-9,14,24H,4-5,10-13H2,1-3H3,(H,20,21)(H,22,23). The molecule has 1 unspecified atom stereocenters. The van der Waals surface area contributed by atoms with E-state index in [4.69, 9.17) is 5.11 Å². The predicted octanol–water partition coefficient (Wildman–Crippen LogP) is 3.61. The smallest absolute Gasteiger partial charge is 0.306 e. The van der Waals surface area contributed by atoms with Gasteiger partial charge in [-0.25, -0.2) is 0 Å². The van der Waals surface area contributed by atoms with Crippen LogP contribution in [-0.4, -0.2) is 27.7 Å². The van der Waals surface area contributed by atoms with Crippen LogP contribution in [0.5, 0.6) is 0 Å². The van der Waals surface area contributed by atoms with Gasteiger partial charge in [-0.3, -0.25) is 9.59 Å². The van der Waals surface area contributed by atoms with Crippen molar-refractivity contribution in [1.82, 2.24) is 0 Å². The number of hydrogen-bond donors (Lipinski definition) is 3. The molecule has 1 aromatic carbocycles. The van der Waals surface area contributed by atoms with Gasteiger partial charge in [0.2, 0.25) is 5.91 Å². The van der Waals surface area contributed by atoms with E-state index in [1.54, 1.807) is 19.1 Å². The molecule has 1 amide bonds. The second-order valence-corrected chi connectivity index (χ2v) is 6.59. The Kier molecular flexibility index (Phi) is 7.92. The first-order chi connectivity index (χ1) is 11.3. The minimum Gasteiger partial charge on any atom is -0.481 e. The van der Waals surface area contributed by atoms with E-state index in [-0.39, 0.29) is 12.3 Å². The Bertz CT molecular complexity index is 533. The highest BCUT2D eigenvalue weighted by Crippen LogP contribution is 2.24. The lowest BCUT2D eigenvalue weighted by Crippen LogP contribution is -2.33. The van der Waals surface area contributed by atoms with Gasteiger partial charge < -0.3 is 15.5 Å². The van der Waals surface area contributed by atoms with Crippen molar-refractivity contribution < 1.29 is 19.8 Å². The first-order valence-corrected chi connectivity index (χ1v) is 8.63. The molecule has 0 aliphatic rings. The number of hydrogen-bond acceptors (Lipinski definition) is 3. The molecule has 1 aromatic rings. The molecule has 0 bridgehead atoms. The van der Waals surface area contributed by atoms with Crippen molar-refractivity contribution in [1.29, 1.82) is 0 Å². The lowest BCUT2D eigenvalue weighted by Gasteiger charge is -2.26. The first-order valence-electron chi connectivity index (χ1n) is 8.63. The minimum atomic E-state index is -0.940. The average molecular weight is 335 g/mol. The Hall–Kier alpha value is -1.88. The number of carboxylic acids is 1. The summed E-state index contributed by atoms with van der Waals surface area (Å²) in [7, 11) is 0. The molecule has 0 aliphatic carbocycles. The normalized spacial score (nSPS) is 12.7. The van der Waals surface area contributed by atoms with Crippen LogP contribution in [0.4, 0.5) is 5.69 Å². The number of carbonyl (C=O) groups is 2. The molecule has 5 heteroatoms. The molecule has 0 saturated carbocycles. The van der Waals surface area contributed by atoms with Gasteiger partial charge in [0, 0.05) is 5.69 Å². The van der Waals surface area contributed by atoms with E-state index in [0.717, 1.165) is 18.4 Å². The Morgan fingerprint density at radius 2 is 1.67 bits per heavy atom. The van der Waals surface area contributed by atoms with Crippen molar-refractivity contribution in [3.63, 3.8) is 0 Å². The Morgan fingerprint density at radius 1 is 1.12 bits per heavy atom. The zero-order chi connectivity index (χ0) is 18.2. The molecule has 0 fully saturated rings. The van der Waals surface area contributed by atoms with E-state index < -0.39 is 17.5 Å². The number of nitrogens with one attached hydrogen (secondary N) is 1. The van der Waals surface area contributed by atoms with Crippen LogP contribution in [-0.2, 0) is 16.0 Å². The maximum atomic E-state index is 12.2. The molecule has 1 rings (SSSR count). The fourth-order valence-corrected chi connectivity index (χ4v) is 2.90. The minimum absolute atomic E-state index is 0.0898. The lowest BCUT2D eigenvalue weighted by molar-refractivity contribution is -0.141. The summed E-state index contributed by atoms with van der Waals surface area (Å²) in [6.07, 6.45) is 3.43. The first kappa shape index (κ1) is 20.2. The van der Waals surface area contributed by atoms with E-state index in [9.17, 15) is 14.7 Å². The van der Waals surface area contributed by atoms with E-state index in [2.05, 4.69) is 5.32 Å². The van der Waals surface area contributed by atoms with E-state index in [0.29, 0.717) is 24.9 Å². The second-order valence-electron chi connectivity index (χ2n) is 6.59. The summed E-state index contributed by atoms with van der Waals surface area (Å²) < 4.78 is 0. The van der Waals surface area contributed by atoms with Gasteiger partial charge in [-0.15, -0.1) is 0 Å². The Morgan fingerprint density at radius 3 is 2.12 bits per heavy atom. The summed E-state index contributed by atoms with van der Waals surface area (Å²) in [6.45, 7) is 5.66. The summed E-state index contributed by atoms with van der Waals surface area (Å²) >= 11 is 0. The number of aliphatic hydroxyl groups is 1. The maximum Gasteiger partial charge on any atom is 0.306 e. The highest BCUT2D eigenvalue weighted by Gasteiger charge is 2.28. The SMILES string of the molecule is CCCC(O)(CCC)CC(=O)Nc1ccc(CC(C)C(=O)O)cc1. The summed E-state index contributed by atoms with van der Waals surface area (Å²) in [6, 6.07) is 7.17. The molecule has 24 heavy (non-hydrogen) atoms. The van der Waals surface area contributed by atoms with Crippen molar-refractivity contribution in [3.8, 4) is 0 Å². The highest BCUT2D eigenvalue weighted by molar-refractivity contribution is 5.91. The van der Waals surface area contributed by atoms with Crippen LogP contribution >= 0.6 is 0 Å². The summed E-state index contributed by atoms with van der Waals surface area (Å²) in [5.74, 6) is -1.46. The third-order valence-electron chi connectivity index (χ3n) is 4.12. The molecule has 0 aromatic heterocycles. The lowest BCUT2D eigenvalue weighted by atomic mass is 9.89. The fourth-order valence-electron chi connectivity index (χ4n) is 2.90. The second kappa shape index (κ2) is 9.42. The average Bonchev–Trinajstić information content (AvgIpc) is 2.49. The van der Waals surface area contributed by atoms with Crippen molar-refractivity contribution in [2.45, 2.75) is 64.9 Å². The number of rotatable bonds is 10. The molecule has 0 saturated heterocycles. The van der Waals surface area contributed by atoms with Gasteiger partial charge in [0.15, 0.2) is 0 Å². The summed E-state index contributed by atoms with van der Waals surface area (Å²) in [4.78, 5) is 23.1. The van der Waals surface area contributed by atoms with E-state index >= 15 is 0 Å².